The summed E-state index contributed by atoms with van der Waals surface area (Å²) in [6.07, 6.45) is 10.0. The maximum atomic E-state index is 10.4. The number of allylic oxidation sites excluding steroid dienone is 4. The van der Waals surface area contributed by atoms with Crippen LogP contribution in [0.1, 0.15) is 16.8 Å². The molecule has 0 heterocycles. The fraction of sp³-hybridized carbons (Fsp3) is 0.0556. The number of hydrogen-bond acceptors (Lipinski definition) is 1. The minimum absolute atomic E-state index is 0. The van der Waals surface area contributed by atoms with Crippen molar-refractivity contribution in [3.63, 3.8) is 0 Å². The molecule has 0 atom stereocenters. The first-order valence-electron chi connectivity index (χ1n) is 4.37. The molecule has 2 nitrogen and oxygen atoms in total. The average Bonchev–Trinajstić information content (AvgIpc) is 2.77. The van der Waals surface area contributed by atoms with Crippen LogP contribution in [-0.4, -0.2) is 16.9 Å². The number of benzene rings is 1. The van der Waals surface area contributed by atoms with Gasteiger partial charge in [-0.1, -0.05) is 18.2 Å². The Hall–Kier alpha value is -0.319. The second kappa shape index (κ2) is 43.4. The molecule has 0 spiro atoms. The maximum Gasteiger partial charge on any atom is 2.00 e. The van der Waals surface area contributed by atoms with Crippen LogP contribution in [0.2, 0.25) is 0 Å². The van der Waals surface area contributed by atoms with E-state index in [0.29, 0.717) is 5.56 Å². The Kier molecular flexibility index (Phi) is 118. The fourth-order valence-corrected chi connectivity index (χ4v) is 0.943. The molecule has 0 aliphatic heterocycles. The molecule has 1 aromatic rings. The summed E-state index contributed by atoms with van der Waals surface area (Å²) in [5.74, 6) is -0.379. The van der Waals surface area contributed by atoms with Crippen molar-refractivity contribution in [2.75, 3.05) is 0 Å². The number of nitrogens with two attached hydrogens (primary N) is 1. The molecule has 1 aliphatic carbocycles. The predicted molar refractivity (Wildman–Crippen MR) is 106 cm³/mol. The van der Waals surface area contributed by atoms with E-state index in [1.165, 1.54) is 0 Å². The Labute approximate surface area is 184 Å². The molecular weight excluding hydrogens is 393 g/mol. The summed E-state index contributed by atoms with van der Waals surface area (Å²) in [6.45, 7) is 0. The molecule has 0 bridgehead atoms. The molecule has 24 heavy (non-hydrogen) atoms. The zero-order valence-electron chi connectivity index (χ0n) is 15.1. The number of rotatable bonds is 1. The Balaban J connectivity index is -0.0000000151. The minimum atomic E-state index is -0.379. The first-order chi connectivity index (χ1) is 6.80. The van der Waals surface area contributed by atoms with Crippen LogP contribution in [0.5, 0.6) is 0 Å². The third kappa shape index (κ3) is 33.3. The molecule has 2 N–H and O–H groups in total. The molecule has 146 valence electrons. The van der Waals surface area contributed by atoms with Crippen LogP contribution in [0.25, 0.3) is 0 Å². The first-order valence-corrected chi connectivity index (χ1v) is 4.37. The van der Waals surface area contributed by atoms with Gasteiger partial charge in [-0.25, -0.2) is 12.2 Å². The average molecular weight is 427 g/mol. The number of carbonyl (C=O) groups is 1. The van der Waals surface area contributed by atoms with Gasteiger partial charge in [0, 0.05) is 5.56 Å². The smallest absolute Gasteiger partial charge is 1.00 e. The summed E-state index contributed by atoms with van der Waals surface area (Å²) in [5, 5.41) is 0. The van der Waals surface area contributed by atoms with Crippen molar-refractivity contribution in [1.29, 1.82) is 0 Å². The molecule has 1 amide bonds. The summed E-state index contributed by atoms with van der Waals surface area (Å²) < 4.78 is 0. The monoisotopic (exact) mass is 426 g/mol. The molecule has 0 radical (unpaired) electrons. The van der Waals surface area contributed by atoms with Gasteiger partial charge in [0.05, 0.1) is 0 Å². The molecule has 1 aromatic carbocycles. The Bertz CT molecular complexity index is 351. The Morgan fingerprint density at radius 3 is 1.50 bits per heavy atom. The standard InChI is InChI=1S/C7H7NO.C5H5.6CH3.2ClH.H4Si.Ti/c8-7(9)6-4-2-1-3-5-6;1-2-4-5-3-1;;;;;;;;;;/h1-5H,(H2,8,9);1-3H,4H2;6*1H3;2*1H;1H4;/q;7*-1;;;;+2/p-2. The number of primary amides is 1. The maximum absolute atomic E-state index is 10.4. The van der Waals surface area contributed by atoms with Gasteiger partial charge in [-0.3, -0.25) is 10.9 Å². The summed E-state index contributed by atoms with van der Waals surface area (Å²) >= 11 is 0. The Morgan fingerprint density at radius 1 is 0.917 bits per heavy atom. The van der Waals surface area contributed by atoms with Crippen molar-refractivity contribution < 1.29 is 51.3 Å². The van der Waals surface area contributed by atoms with E-state index in [4.69, 9.17) is 5.73 Å². The van der Waals surface area contributed by atoms with Crippen molar-refractivity contribution in [3.05, 3.63) is 105 Å². The number of amides is 1. The zero-order valence-corrected chi connectivity index (χ0v) is 18.1. The van der Waals surface area contributed by atoms with Crippen LogP contribution in [0, 0.1) is 50.6 Å². The topological polar surface area (TPSA) is 43.1 Å². The summed E-state index contributed by atoms with van der Waals surface area (Å²) in [6, 6.07) is 8.76. The molecule has 0 unspecified atom stereocenters. The summed E-state index contributed by atoms with van der Waals surface area (Å²) in [7, 11) is 0. The molecule has 1 aliphatic rings. The van der Waals surface area contributed by atoms with Crippen molar-refractivity contribution in [2.45, 2.75) is 6.42 Å². The second-order valence-corrected chi connectivity index (χ2v) is 2.73. The minimum Gasteiger partial charge on any atom is -1.00 e. The number of hydrogen-bond donors (Lipinski definition) is 1. The number of halogens is 2. The normalized spacial score (nSPS) is 7.00. The van der Waals surface area contributed by atoms with Gasteiger partial charge in [0.2, 0.25) is 5.91 Å². The quantitative estimate of drug-likeness (QED) is 0.386. The largest absolute Gasteiger partial charge is 2.00 e. The van der Waals surface area contributed by atoms with E-state index in [1.807, 2.05) is 18.2 Å². The number of carbonyl (C=O) groups excluding carboxylic acids is 1. The van der Waals surface area contributed by atoms with Crippen LogP contribution in [0.4, 0.5) is 0 Å². The van der Waals surface area contributed by atoms with Gasteiger partial charge in [-0.2, -0.15) is 6.08 Å². The van der Waals surface area contributed by atoms with Gasteiger partial charge in [0.15, 0.2) is 0 Å². The second-order valence-electron chi connectivity index (χ2n) is 2.73. The first kappa shape index (κ1) is 65.1. The third-order valence-corrected chi connectivity index (χ3v) is 1.64. The van der Waals surface area contributed by atoms with E-state index >= 15 is 0 Å². The van der Waals surface area contributed by atoms with Crippen molar-refractivity contribution in [3.8, 4) is 0 Å². The Morgan fingerprint density at radius 2 is 1.33 bits per heavy atom. The van der Waals surface area contributed by atoms with E-state index in [-0.39, 0.29) is 108 Å². The van der Waals surface area contributed by atoms with Crippen molar-refractivity contribution >= 4 is 16.9 Å². The van der Waals surface area contributed by atoms with Gasteiger partial charge in [0.25, 0.3) is 0 Å². The molecule has 6 heteroatoms. The van der Waals surface area contributed by atoms with Crippen molar-refractivity contribution in [1.82, 2.24) is 0 Å². The molecule has 0 saturated carbocycles. The molecule has 0 aromatic heterocycles. The van der Waals surface area contributed by atoms with Gasteiger partial charge in [-0.15, -0.1) is 6.42 Å². The van der Waals surface area contributed by atoms with Crippen LogP contribution in [-0.2, 0) is 21.7 Å². The van der Waals surface area contributed by atoms with E-state index < -0.39 is 0 Å². The van der Waals surface area contributed by atoms with E-state index in [0.717, 1.165) is 6.42 Å². The van der Waals surface area contributed by atoms with E-state index in [2.05, 4.69) is 12.2 Å². The fourth-order valence-electron chi connectivity index (χ4n) is 0.943. The molecule has 0 saturated heterocycles. The molecule has 2 rings (SSSR count). The van der Waals surface area contributed by atoms with Gasteiger partial charge in [-0.05, 0) is 23.1 Å². The van der Waals surface area contributed by atoms with Gasteiger partial charge >= 0.3 is 21.7 Å². The summed E-state index contributed by atoms with van der Waals surface area (Å²) in [5.41, 5.74) is 5.53. The van der Waals surface area contributed by atoms with Gasteiger partial charge in [0.1, 0.15) is 0 Å². The molecular formula is C18H34Cl2NOSiTi-7. The van der Waals surface area contributed by atoms with Crippen molar-refractivity contribution in [2.24, 2.45) is 5.73 Å². The van der Waals surface area contributed by atoms with Crippen LogP contribution in [0.15, 0.2) is 48.6 Å². The summed E-state index contributed by atoms with van der Waals surface area (Å²) in [4.78, 5) is 10.4. The zero-order chi connectivity index (χ0) is 10.2. The van der Waals surface area contributed by atoms with Gasteiger partial charge < -0.3 is 75.1 Å². The van der Waals surface area contributed by atoms with Crippen LogP contribution < -0.4 is 30.5 Å². The third-order valence-electron chi connectivity index (χ3n) is 1.64. The van der Waals surface area contributed by atoms with E-state index in [1.54, 1.807) is 24.3 Å². The van der Waals surface area contributed by atoms with E-state index in [9.17, 15) is 4.79 Å². The molecule has 0 fully saturated rings. The van der Waals surface area contributed by atoms with Crippen LogP contribution in [0.3, 0.4) is 0 Å². The SMILES string of the molecule is NC(=O)c1ccccc1.[C-]1=CC=CC1.[CH3-].[CH3-].[CH3-].[CH3-].[CH3-].[CH3-].[Cl-].[Cl-].[SiH4].[Ti+2]. The van der Waals surface area contributed by atoms with Crippen LogP contribution >= 0.6 is 0 Å². The predicted octanol–water partition coefficient (Wildman–Crippen LogP) is -2.65.